The molecule has 0 radical (unpaired) electrons. The Hall–Kier alpha value is -2.61. The van der Waals surface area contributed by atoms with E-state index in [1.807, 2.05) is 30.3 Å². The van der Waals surface area contributed by atoms with Crippen molar-refractivity contribution in [1.29, 1.82) is 0 Å². The number of benzene rings is 2. The average molecular weight is 396 g/mol. The van der Waals surface area contributed by atoms with Gasteiger partial charge in [0.15, 0.2) is 5.78 Å². The third kappa shape index (κ3) is 5.45. The van der Waals surface area contributed by atoms with E-state index < -0.39 is 5.60 Å². The van der Waals surface area contributed by atoms with Gasteiger partial charge in [-0.1, -0.05) is 59.8 Å². The Morgan fingerprint density at radius 2 is 1.75 bits per heavy atom. The fourth-order valence-electron chi connectivity index (χ4n) is 3.15. The smallest absolute Gasteiger partial charge is 0.223 e. The molecule has 5 heteroatoms. The van der Waals surface area contributed by atoms with E-state index in [4.69, 9.17) is 11.6 Å². The number of likely N-dealkylation sites (tertiary alicyclic amines) is 1. The molecule has 0 unspecified atom stereocenters. The zero-order chi connectivity index (χ0) is 20.0. The molecule has 2 aromatic carbocycles. The Morgan fingerprint density at radius 1 is 1.04 bits per heavy atom. The molecule has 0 spiro atoms. The van der Waals surface area contributed by atoms with Crippen LogP contribution in [-0.2, 0) is 4.79 Å². The molecule has 0 saturated carbocycles. The van der Waals surface area contributed by atoms with Crippen LogP contribution in [0.2, 0.25) is 5.02 Å². The Kier molecular flexibility index (Phi) is 6.51. The van der Waals surface area contributed by atoms with Crippen molar-refractivity contribution >= 4 is 23.3 Å². The van der Waals surface area contributed by atoms with Crippen molar-refractivity contribution in [3.63, 3.8) is 0 Å². The van der Waals surface area contributed by atoms with Crippen LogP contribution in [0.4, 0.5) is 0 Å². The number of halogens is 1. The fraction of sp³-hybridized carbons (Fsp3) is 0.304. The maximum absolute atomic E-state index is 12.4. The second-order valence-corrected chi connectivity index (χ2v) is 7.40. The largest absolute Gasteiger partial charge is 0.377 e. The van der Waals surface area contributed by atoms with Gasteiger partial charge >= 0.3 is 0 Å². The van der Waals surface area contributed by atoms with Gasteiger partial charge in [0.25, 0.3) is 0 Å². The van der Waals surface area contributed by atoms with E-state index in [1.165, 1.54) is 0 Å². The topological polar surface area (TPSA) is 57.6 Å². The van der Waals surface area contributed by atoms with Crippen molar-refractivity contribution in [2.24, 2.45) is 0 Å². The van der Waals surface area contributed by atoms with Gasteiger partial charge in [-0.05, 0) is 18.2 Å². The first kappa shape index (κ1) is 20.1. The molecule has 1 aliphatic rings. The molecule has 0 aromatic heterocycles. The molecule has 28 heavy (non-hydrogen) atoms. The Labute approximate surface area is 170 Å². The lowest BCUT2D eigenvalue weighted by Gasteiger charge is -2.35. The van der Waals surface area contributed by atoms with Gasteiger partial charge in [0.1, 0.15) is 5.60 Å². The first-order valence-corrected chi connectivity index (χ1v) is 9.70. The van der Waals surface area contributed by atoms with Crippen LogP contribution in [0.3, 0.4) is 0 Å². The van der Waals surface area contributed by atoms with Crippen LogP contribution in [0.25, 0.3) is 0 Å². The molecule has 1 saturated heterocycles. The number of rotatable bonds is 4. The van der Waals surface area contributed by atoms with Crippen LogP contribution in [0.15, 0.2) is 54.6 Å². The molecular weight excluding hydrogens is 374 g/mol. The second kappa shape index (κ2) is 9.05. The molecule has 1 N–H and O–H groups in total. The highest BCUT2D eigenvalue weighted by Crippen LogP contribution is 2.22. The van der Waals surface area contributed by atoms with E-state index in [0.29, 0.717) is 36.5 Å². The van der Waals surface area contributed by atoms with Gasteiger partial charge in [-0.25, -0.2) is 0 Å². The van der Waals surface area contributed by atoms with Gasteiger partial charge in [0, 0.05) is 54.9 Å². The van der Waals surface area contributed by atoms with Crippen molar-refractivity contribution in [2.75, 3.05) is 13.1 Å². The molecule has 2 aromatic rings. The summed E-state index contributed by atoms with van der Waals surface area (Å²) in [5.41, 5.74) is 0.261. The van der Waals surface area contributed by atoms with Crippen molar-refractivity contribution in [3.05, 3.63) is 70.7 Å². The van der Waals surface area contributed by atoms with Crippen LogP contribution < -0.4 is 0 Å². The van der Waals surface area contributed by atoms with Gasteiger partial charge < -0.3 is 10.0 Å². The minimum absolute atomic E-state index is 0.0325. The molecule has 144 valence electrons. The third-order valence-corrected chi connectivity index (χ3v) is 5.10. The Morgan fingerprint density at radius 3 is 2.43 bits per heavy atom. The highest BCUT2D eigenvalue weighted by Gasteiger charge is 2.32. The lowest BCUT2D eigenvalue weighted by molar-refractivity contribution is -0.134. The number of ketones is 1. The van der Waals surface area contributed by atoms with Crippen LogP contribution in [-0.4, -0.2) is 40.4 Å². The van der Waals surface area contributed by atoms with Gasteiger partial charge in [0.2, 0.25) is 5.91 Å². The number of hydrogen-bond acceptors (Lipinski definition) is 3. The molecule has 0 bridgehead atoms. The number of aliphatic hydroxyl groups is 1. The van der Waals surface area contributed by atoms with E-state index in [0.717, 1.165) is 5.56 Å². The number of Topliss-reactive ketones (excluding diaryl/α,β-unsaturated/α-hetero) is 1. The summed E-state index contributed by atoms with van der Waals surface area (Å²) in [5, 5.41) is 11.3. The molecular formula is C23H22ClNO3. The van der Waals surface area contributed by atoms with Crippen LogP contribution in [0, 0.1) is 11.8 Å². The predicted molar refractivity (Wildman–Crippen MR) is 109 cm³/mol. The Balaban J connectivity index is 1.50. The summed E-state index contributed by atoms with van der Waals surface area (Å²) in [7, 11) is 0. The highest BCUT2D eigenvalue weighted by atomic mass is 35.5. The van der Waals surface area contributed by atoms with E-state index in [-0.39, 0.29) is 24.5 Å². The number of nitrogens with zero attached hydrogens (tertiary/aromatic N) is 1. The first-order chi connectivity index (χ1) is 13.5. The number of amides is 1. The molecule has 1 amide bonds. The maximum atomic E-state index is 12.4. The second-order valence-electron chi connectivity index (χ2n) is 6.96. The molecule has 1 heterocycles. The lowest BCUT2D eigenvalue weighted by atomic mass is 9.91. The summed E-state index contributed by atoms with van der Waals surface area (Å²) < 4.78 is 0. The molecule has 4 nitrogen and oxygen atoms in total. The highest BCUT2D eigenvalue weighted by molar-refractivity contribution is 6.30. The number of piperidine rings is 1. The maximum Gasteiger partial charge on any atom is 0.223 e. The normalized spacial score (nSPS) is 15.4. The van der Waals surface area contributed by atoms with Gasteiger partial charge in [-0.15, -0.1) is 0 Å². The molecule has 0 atom stereocenters. The van der Waals surface area contributed by atoms with Crippen LogP contribution in [0.5, 0.6) is 0 Å². The molecule has 3 rings (SSSR count). The zero-order valence-electron chi connectivity index (χ0n) is 15.5. The minimum atomic E-state index is -1.11. The van der Waals surface area contributed by atoms with Crippen molar-refractivity contribution in [2.45, 2.75) is 31.3 Å². The third-order valence-electron chi connectivity index (χ3n) is 4.87. The predicted octanol–water partition coefficient (Wildman–Crippen LogP) is 3.71. The monoisotopic (exact) mass is 395 g/mol. The Bertz CT molecular complexity index is 906. The fourth-order valence-corrected chi connectivity index (χ4v) is 3.34. The minimum Gasteiger partial charge on any atom is -0.377 e. The van der Waals surface area contributed by atoms with Crippen LogP contribution >= 0.6 is 11.6 Å². The number of carbonyl (C=O) groups excluding carboxylic acids is 2. The van der Waals surface area contributed by atoms with Gasteiger partial charge in [-0.2, -0.15) is 0 Å². The number of carbonyl (C=O) groups is 2. The quantitative estimate of drug-likeness (QED) is 0.634. The van der Waals surface area contributed by atoms with Crippen molar-refractivity contribution in [3.8, 4) is 11.8 Å². The average Bonchev–Trinajstić information content (AvgIpc) is 2.72. The van der Waals surface area contributed by atoms with Crippen LogP contribution in [0.1, 0.15) is 41.6 Å². The summed E-state index contributed by atoms with van der Waals surface area (Å²) in [5.74, 6) is 5.80. The summed E-state index contributed by atoms with van der Waals surface area (Å²) >= 11 is 5.95. The summed E-state index contributed by atoms with van der Waals surface area (Å²) in [6, 6.07) is 16.2. The van der Waals surface area contributed by atoms with Gasteiger partial charge in [0.05, 0.1) is 0 Å². The van der Waals surface area contributed by atoms with E-state index in [2.05, 4.69) is 11.8 Å². The van der Waals surface area contributed by atoms with E-state index >= 15 is 0 Å². The van der Waals surface area contributed by atoms with Crippen molar-refractivity contribution < 1.29 is 14.7 Å². The standard InChI is InChI=1S/C23H22ClNO3/c24-20-8-4-5-18(17-20)11-12-23(28)13-15-25(16-14-23)22(27)10-9-21(26)19-6-2-1-3-7-19/h1-8,17,28H,9-10,13-16H2. The zero-order valence-corrected chi connectivity index (χ0v) is 16.3. The summed E-state index contributed by atoms with van der Waals surface area (Å²) in [4.78, 5) is 26.2. The number of hydrogen-bond donors (Lipinski definition) is 1. The molecule has 1 aliphatic heterocycles. The molecule has 1 fully saturated rings. The van der Waals surface area contributed by atoms with E-state index in [1.54, 1.807) is 29.2 Å². The summed E-state index contributed by atoms with van der Waals surface area (Å²) in [6.07, 6.45) is 1.15. The first-order valence-electron chi connectivity index (χ1n) is 9.32. The van der Waals surface area contributed by atoms with Gasteiger partial charge in [-0.3, -0.25) is 9.59 Å². The SMILES string of the molecule is O=C(CCC(=O)N1CCC(O)(C#Cc2cccc(Cl)c2)CC1)c1ccccc1. The molecule has 0 aliphatic carbocycles. The van der Waals surface area contributed by atoms with Crippen molar-refractivity contribution in [1.82, 2.24) is 4.90 Å². The lowest BCUT2D eigenvalue weighted by Crippen LogP contribution is -2.46. The van der Waals surface area contributed by atoms with E-state index in [9.17, 15) is 14.7 Å². The summed E-state index contributed by atoms with van der Waals surface area (Å²) in [6.45, 7) is 0.859.